The second-order valence-electron chi connectivity index (χ2n) is 7.10. The van der Waals surface area contributed by atoms with Crippen LogP contribution in [0.15, 0.2) is 64.2 Å². The van der Waals surface area contributed by atoms with Gasteiger partial charge in [-0.15, -0.1) is 0 Å². The molecule has 0 aliphatic carbocycles. The molecule has 0 spiro atoms. The van der Waals surface area contributed by atoms with E-state index in [1.807, 2.05) is 0 Å². The highest BCUT2D eigenvalue weighted by atomic mass is 79.9. The van der Waals surface area contributed by atoms with E-state index in [0.717, 1.165) is 6.07 Å². The number of non-ortho nitro benzene ring substituents is 1. The second kappa shape index (κ2) is 11.0. The van der Waals surface area contributed by atoms with Gasteiger partial charge in [0.1, 0.15) is 12.3 Å². The molecule has 0 amide bonds. The second-order valence-corrected chi connectivity index (χ2v) is 7.95. The summed E-state index contributed by atoms with van der Waals surface area (Å²) < 4.78 is 50.1. The number of halogens is 4. The van der Waals surface area contributed by atoms with Crippen LogP contribution in [-0.4, -0.2) is 23.2 Å². The molecular formula is C22H16BrF3N4O6. The normalized spacial score (nSPS) is 11.4. The third-order valence-electron chi connectivity index (χ3n) is 4.71. The van der Waals surface area contributed by atoms with Crippen molar-refractivity contribution in [2.45, 2.75) is 12.8 Å². The molecule has 0 heterocycles. The van der Waals surface area contributed by atoms with Gasteiger partial charge >= 0.3 is 6.18 Å². The molecule has 0 saturated carbocycles. The Morgan fingerprint density at radius 2 is 1.81 bits per heavy atom. The minimum atomic E-state index is -4.73. The van der Waals surface area contributed by atoms with Gasteiger partial charge in [0.05, 0.1) is 28.7 Å². The van der Waals surface area contributed by atoms with Crippen LogP contribution >= 0.6 is 15.9 Å². The van der Waals surface area contributed by atoms with Crippen molar-refractivity contribution in [2.75, 3.05) is 12.5 Å². The number of hydrogen-bond donors (Lipinski definition) is 1. The summed E-state index contributed by atoms with van der Waals surface area (Å²) in [6.45, 7) is 0.0249. The number of nitrogens with one attached hydrogen (secondary N) is 1. The van der Waals surface area contributed by atoms with E-state index in [-0.39, 0.29) is 18.0 Å². The zero-order valence-corrected chi connectivity index (χ0v) is 19.9. The van der Waals surface area contributed by atoms with Crippen molar-refractivity contribution in [2.24, 2.45) is 5.10 Å². The number of benzene rings is 3. The van der Waals surface area contributed by atoms with Crippen molar-refractivity contribution in [3.63, 3.8) is 0 Å². The Kier molecular flexibility index (Phi) is 8.09. The maximum Gasteiger partial charge on any atom is 0.416 e. The average molecular weight is 569 g/mol. The van der Waals surface area contributed by atoms with E-state index in [9.17, 15) is 33.4 Å². The van der Waals surface area contributed by atoms with Crippen LogP contribution < -0.4 is 14.9 Å². The van der Waals surface area contributed by atoms with Crippen LogP contribution in [0.4, 0.5) is 30.2 Å². The fourth-order valence-electron chi connectivity index (χ4n) is 2.97. The van der Waals surface area contributed by atoms with Gasteiger partial charge < -0.3 is 9.47 Å². The van der Waals surface area contributed by atoms with Gasteiger partial charge in [-0.2, -0.15) is 18.3 Å². The monoisotopic (exact) mass is 568 g/mol. The number of rotatable bonds is 9. The molecule has 1 N–H and O–H groups in total. The predicted octanol–water partition coefficient (Wildman–Crippen LogP) is 6.32. The number of ether oxygens (including phenoxy) is 2. The largest absolute Gasteiger partial charge is 0.493 e. The quantitative estimate of drug-likeness (QED) is 0.181. The van der Waals surface area contributed by atoms with E-state index in [1.54, 1.807) is 18.2 Å². The Morgan fingerprint density at radius 3 is 2.44 bits per heavy atom. The average Bonchev–Trinajstić information content (AvgIpc) is 2.83. The molecule has 10 nitrogen and oxygen atoms in total. The molecule has 0 radical (unpaired) electrons. The number of hydrazone groups is 1. The highest BCUT2D eigenvalue weighted by molar-refractivity contribution is 9.10. The van der Waals surface area contributed by atoms with Crippen LogP contribution in [0.3, 0.4) is 0 Å². The topological polar surface area (TPSA) is 129 Å². The van der Waals surface area contributed by atoms with Crippen LogP contribution in [-0.2, 0) is 12.8 Å². The number of methoxy groups -OCH3 is 1. The smallest absolute Gasteiger partial charge is 0.416 e. The molecule has 0 aliphatic heterocycles. The summed E-state index contributed by atoms with van der Waals surface area (Å²) in [4.78, 5) is 20.7. The first-order valence-electron chi connectivity index (χ1n) is 9.88. The van der Waals surface area contributed by atoms with Gasteiger partial charge in [-0.3, -0.25) is 25.7 Å². The van der Waals surface area contributed by atoms with Crippen molar-refractivity contribution >= 4 is 39.2 Å². The molecule has 0 fully saturated rings. The van der Waals surface area contributed by atoms with Gasteiger partial charge in [0.2, 0.25) is 0 Å². The Labute approximate surface area is 209 Å². The van der Waals surface area contributed by atoms with Crippen LogP contribution in [0.2, 0.25) is 0 Å². The zero-order valence-electron chi connectivity index (χ0n) is 18.3. The van der Waals surface area contributed by atoms with Crippen LogP contribution in [0.5, 0.6) is 11.5 Å². The molecule has 14 heteroatoms. The van der Waals surface area contributed by atoms with Crippen molar-refractivity contribution in [1.82, 2.24) is 0 Å². The van der Waals surface area contributed by atoms with Crippen molar-refractivity contribution in [1.29, 1.82) is 0 Å². The third kappa shape index (κ3) is 6.47. The van der Waals surface area contributed by atoms with E-state index in [4.69, 9.17) is 9.47 Å². The number of nitrogens with zero attached hydrogens (tertiary/aromatic N) is 3. The molecule has 188 valence electrons. The van der Waals surface area contributed by atoms with Gasteiger partial charge in [-0.25, -0.2) is 0 Å². The van der Waals surface area contributed by atoms with Crippen LogP contribution in [0.25, 0.3) is 0 Å². The molecule has 0 aromatic heterocycles. The Bertz CT molecular complexity index is 1330. The summed E-state index contributed by atoms with van der Waals surface area (Å²) in [6, 6.07) is 11.1. The molecule has 0 aliphatic rings. The van der Waals surface area contributed by atoms with Gasteiger partial charge in [0.25, 0.3) is 11.4 Å². The summed E-state index contributed by atoms with van der Waals surface area (Å²) >= 11 is 3.35. The zero-order chi connectivity index (χ0) is 26.5. The highest BCUT2D eigenvalue weighted by Gasteiger charge is 2.33. The standard InChI is InChI=1S/C22H16BrF3N4O6/c1-35-20-8-14(11-27-28-18-6-5-15(22(24,25)26)9-19(18)30(33)34)17(23)10-21(20)36-12-13-3-2-4-16(7-13)29(31)32/h2-11,28H,12H2,1H3/b27-11-. The summed E-state index contributed by atoms with van der Waals surface area (Å²) in [7, 11) is 1.40. The Morgan fingerprint density at radius 1 is 1.06 bits per heavy atom. The van der Waals surface area contributed by atoms with E-state index < -0.39 is 27.3 Å². The molecular weight excluding hydrogens is 553 g/mol. The van der Waals surface area contributed by atoms with E-state index in [1.165, 1.54) is 31.5 Å². The maximum absolute atomic E-state index is 12.9. The molecule has 0 atom stereocenters. The molecule has 36 heavy (non-hydrogen) atoms. The van der Waals surface area contributed by atoms with Crippen molar-refractivity contribution in [3.05, 3.63) is 96.0 Å². The summed E-state index contributed by atoms with van der Waals surface area (Å²) in [6.07, 6.45) is -3.45. The van der Waals surface area contributed by atoms with Crippen molar-refractivity contribution < 1.29 is 32.5 Å². The molecule has 3 rings (SSSR count). The lowest BCUT2D eigenvalue weighted by atomic mass is 10.1. The Balaban J connectivity index is 1.78. The first-order chi connectivity index (χ1) is 17.0. The molecule has 3 aromatic rings. The van der Waals surface area contributed by atoms with E-state index in [2.05, 4.69) is 26.5 Å². The molecule has 0 bridgehead atoms. The number of hydrogen-bond acceptors (Lipinski definition) is 8. The van der Waals surface area contributed by atoms with Gasteiger partial charge in [0, 0.05) is 28.2 Å². The minimum absolute atomic E-state index is 0.0249. The third-order valence-corrected chi connectivity index (χ3v) is 5.40. The number of anilines is 1. The number of alkyl halides is 3. The first-order valence-corrected chi connectivity index (χ1v) is 10.7. The lowest BCUT2D eigenvalue weighted by Gasteiger charge is -2.13. The molecule has 0 unspecified atom stereocenters. The summed E-state index contributed by atoms with van der Waals surface area (Å²) in [5, 5.41) is 26.0. The highest BCUT2D eigenvalue weighted by Crippen LogP contribution is 2.36. The lowest BCUT2D eigenvalue weighted by Crippen LogP contribution is -2.06. The summed E-state index contributed by atoms with van der Waals surface area (Å²) in [5.41, 5.74) is 1.15. The van der Waals surface area contributed by atoms with E-state index in [0.29, 0.717) is 39.2 Å². The van der Waals surface area contributed by atoms with Gasteiger partial charge in [0.15, 0.2) is 11.5 Å². The van der Waals surface area contributed by atoms with Gasteiger partial charge in [-0.05, 0) is 45.8 Å². The Hall–Kier alpha value is -4.20. The molecule has 3 aromatic carbocycles. The van der Waals surface area contributed by atoms with Crippen LogP contribution in [0.1, 0.15) is 16.7 Å². The summed E-state index contributed by atoms with van der Waals surface area (Å²) in [5.74, 6) is 0.616. The van der Waals surface area contributed by atoms with Gasteiger partial charge in [-0.1, -0.05) is 12.1 Å². The number of nitro groups is 2. The SMILES string of the molecule is COc1cc(/C=N\Nc2ccc(C(F)(F)F)cc2[N+](=O)[O-])c(Br)cc1OCc1cccc([N+](=O)[O-])c1. The van der Waals surface area contributed by atoms with Crippen molar-refractivity contribution in [3.8, 4) is 11.5 Å². The van der Waals surface area contributed by atoms with E-state index >= 15 is 0 Å². The first kappa shape index (κ1) is 26.4. The lowest BCUT2D eigenvalue weighted by molar-refractivity contribution is -0.385. The fourth-order valence-corrected chi connectivity index (χ4v) is 3.39. The fraction of sp³-hybridized carbons (Fsp3) is 0.136. The van der Waals surface area contributed by atoms with Crippen LogP contribution in [0, 0.1) is 20.2 Å². The molecule has 0 saturated heterocycles. The predicted molar refractivity (Wildman–Crippen MR) is 127 cm³/mol. The minimum Gasteiger partial charge on any atom is -0.493 e. The number of nitro benzene ring substituents is 2. The maximum atomic E-state index is 12.9.